The van der Waals surface area contributed by atoms with Crippen LogP contribution < -0.4 is 4.74 Å². The average molecular weight is 285 g/mol. The molecule has 0 radical (unpaired) electrons. The molecule has 0 spiro atoms. The van der Waals surface area contributed by atoms with Crippen molar-refractivity contribution in [3.05, 3.63) is 41.5 Å². The molecule has 0 aliphatic carbocycles. The average Bonchev–Trinajstić information content (AvgIpc) is 3.06. The van der Waals surface area contributed by atoms with E-state index < -0.39 is 0 Å². The van der Waals surface area contributed by atoms with E-state index in [-0.39, 0.29) is 0 Å². The topological polar surface area (TPSA) is 47.9 Å². The van der Waals surface area contributed by atoms with Crippen LogP contribution in [0.2, 0.25) is 0 Å². The van der Waals surface area contributed by atoms with Crippen LogP contribution in [0.25, 0.3) is 20.4 Å². The lowest BCUT2D eigenvalue weighted by Gasteiger charge is -2.05. The summed E-state index contributed by atoms with van der Waals surface area (Å²) in [5, 5.41) is 2.93. The zero-order chi connectivity index (χ0) is 12.7. The minimum atomic E-state index is 0.593. The van der Waals surface area contributed by atoms with Gasteiger partial charge in [-0.1, -0.05) is 0 Å². The van der Waals surface area contributed by atoms with E-state index in [0.717, 1.165) is 26.2 Å². The number of aromatic nitrogens is 3. The minimum Gasteiger partial charge on any atom is -0.438 e. The monoisotopic (exact) mass is 285 g/mol. The first kappa shape index (κ1) is 10.8. The lowest BCUT2D eigenvalue weighted by Crippen LogP contribution is -1.89. The first-order valence-electron chi connectivity index (χ1n) is 5.59. The largest absolute Gasteiger partial charge is 0.438 e. The summed E-state index contributed by atoms with van der Waals surface area (Å²) in [5.74, 6) is 1.36. The lowest BCUT2D eigenvalue weighted by atomic mass is 10.3. The van der Waals surface area contributed by atoms with Gasteiger partial charge in [0.25, 0.3) is 0 Å². The molecule has 4 nitrogen and oxygen atoms in total. The molecule has 0 aliphatic heterocycles. The van der Waals surface area contributed by atoms with Gasteiger partial charge in [0, 0.05) is 6.07 Å². The molecule has 4 aromatic rings. The molecule has 92 valence electrons. The number of thiazole rings is 1. The van der Waals surface area contributed by atoms with Gasteiger partial charge in [-0.2, -0.15) is 0 Å². The molecule has 0 amide bonds. The molecule has 0 aliphatic rings. The maximum atomic E-state index is 5.86. The maximum absolute atomic E-state index is 5.86. The molecular formula is C13H7N3OS2. The number of fused-ring (bicyclic) bond motifs is 2. The second-order valence-electron chi connectivity index (χ2n) is 3.90. The van der Waals surface area contributed by atoms with Crippen molar-refractivity contribution in [2.75, 3.05) is 0 Å². The van der Waals surface area contributed by atoms with Gasteiger partial charge in [-0.3, -0.25) is 0 Å². The summed E-state index contributed by atoms with van der Waals surface area (Å²) in [7, 11) is 0. The Balaban J connectivity index is 1.79. The zero-order valence-electron chi connectivity index (χ0n) is 9.61. The highest BCUT2D eigenvalue weighted by Gasteiger charge is 2.07. The molecule has 0 N–H and O–H groups in total. The van der Waals surface area contributed by atoms with Crippen molar-refractivity contribution in [1.29, 1.82) is 0 Å². The van der Waals surface area contributed by atoms with Crippen molar-refractivity contribution in [2.24, 2.45) is 0 Å². The van der Waals surface area contributed by atoms with Gasteiger partial charge in [-0.15, -0.1) is 22.7 Å². The molecular weight excluding hydrogens is 278 g/mol. The van der Waals surface area contributed by atoms with Gasteiger partial charge in [0.15, 0.2) is 0 Å². The molecule has 0 fully saturated rings. The van der Waals surface area contributed by atoms with Crippen LogP contribution in [0.3, 0.4) is 0 Å². The third-order valence-electron chi connectivity index (χ3n) is 2.74. The quantitative estimate of drug-likeness (QED) is 0.556. The fraction of sp³-hybridized carbons (Fsp3) is 0. The number of hydrogen-bond donors (Lipinski definition) is 0. The van der Waals surface area contributed by atoms with E-state index in [9.17, 15) is 0 Å². The first-order chi connectivity index (χ1) is 9.40. The Kier molecular flexibility index (Phi) is 2.43. The van der Waals surface area contributed by atoms with Crippen LogP contribution in [0.4, 0.5) is 0 Å². The Hall–Kier alpha value is -2.05. The Morgan fingerprint density at radius 1 is 1.00 bits per heavy atom. The Morgan fingerprint density at radius 3 is 3.00 bits per heavy atom. The molecule has 6 heteroatoms. The summed E-state index contributed by atoms with van der Waals surface area (Å²) < 4.78 is 6.97. The lowest BCUT2D eigenvalue weighted by molar-refractivity contribution is 0.469. The second-order valence-corrected chi connectivity index (χ2v) is 5.68. The van der Waals surface area contributed by atoms with Crippen LogP contribution in [0.1, 0.15) is 0 Å². The number of nitrogens with zero attached hydrogens (tertiary/aromatic N) is 3. The van der Waals surface area contributed by atoms with Crippen molar-refractivity contribution >= 4 is 43.1 Å². The number of ether oxygens (including phenoxy) is 1. The van der Waals surface area contributed by atoms with Gasteiger partial charge < -0.3 is 4.74 Å². The van der Waals surface area contributed by atoms with Crippen molar-refractivity contribution < 1.29 is 4.74 Å². The van der Waals surface area contributed by atoms with Gasteiger partial charge in [-0.25, -0.2) is 15.0 Å². The molecule has 0 bridgehead atoms. The third-order valence-corrected chi connectivity index (χ3v) is 4.35. The number of hydrogen-bond acceptors (Lipinski definition) is 6. The Bertz CT molecular complexity index is 868. The summed E-state index contributed by atoms with van der Waals surface area (Å²) in [4.78, 5) is 13.6. The highest BCUT2D eigenvalue weighted by molar-refractivity contribution is 7.17. The van der Waals surface area contributed by atoms with E-state index in [1.165, 1.54) is 6.33 Å². The first-order valence-corrected chi connectivity index (χ1v) is 7.35. The van der Waals surface area contributed by atoms with Gasteiger partial charge in [0.2, 0.25) is 5.88 Å². The fourth-order valence-corrected chi connectivity index (χ4v) is 3.29. The molecule has 1 aromatic carbocycles. The maximum Gasteiger partial charge on any atom is 0.231 e. The Labute approximate surface area is 116 Å². The van der Waals surface area contributed by atoms with Gasteiger partial charge >= 0.3 is 0 Å². The summed E-state index contributed by atoms with van der Waals surface area (Å²) in [6.45, 7) is 0. The van der Waals surface area contributed by atoms with Crippen molar-refractivity contribution in [3.8, 4) is 11.6 Å². The van der Waals surface area contributed by atoms with E-state index in [2.05, 4.69) is 15.0 Å². The molecule has 3 heterocycles. The predicted molar refractivity (Wildman–Crippen MR) is 77.1 cm³/mol. The van der Waals surface area contributed by atoms with Crippen LogP contribution in [0.15, 0.2) is 41.5 Å². The summed E-state index contributed by atoms with van der Waals surface area (Å²) >= 11 is 3.17. The molecule has 0 atom stereocenters. The smallest absolute Gasteiger partial charge is 0.231 e. The summed E-state index contributed by atoms with van der Waals surface area (Å²) in [5.41, 5.74) is 2.82. The molecule has 4 rings (SSSR count). The summed E-state index contributed by atoms with van der Waals surface area (Å²) in [6, 6.07) is 7.81. The molecule has 0 saturated carbocycles. The van der Waals surface area contributed by atoms with Gasteiger partial charge in [0.05, 0.1) is 21.1 Å². The molecule has 0 unspecified atom stereocenters. The second kappa shape index (κ2) is 4.25. The predicted octanol–water partition coefficient (Wildman–Crippen LogP) is 4.09. The van der Waals surface area contributed by atoms with E-state index in [1.54, 1.807) is 22.7 Å². The summed E-state index contributed by atoms with van der Waals surface area (Å²) in [6.07, 6.45) is 1.53. The third kappa shape index (κ3) is 1.85. The van der Waals surface area contributed by atoms with Gasteiger partial charge in [-0.05, 0) is 23.6 Å². The van der Waals surface area contributed by atoms with Crippen LogP contribution in [-0.4, -0.2) is 15.0 Å². The van der Waals surface area contributed by atoms with Crippen molar-refractivity contribution in [3.63, 3.8) is 0 Å². The van der Waals surface area contributed by atoms with Crippen LogP contribution in [0, 0.1) is 0 Å². The van der Waals surface area contributed by atoms with E-state index in [4.69, 9.17) is 4.74 Å². The van der Waals surface area contributed by atoms with E-state index >= 15 is 0 Å². The molecule has 19 heavy (non-hydrogen) atoms. The standard InChI is InChI=1S/C13H7N3OS2/c1-2-10-11(19-7-16-10)5-8(1)17-12-9-3-4-18-13(9)15-6-14-12/h1-7H. The van der Waals surface area contributed by atoms with Gasteiger partial charge in [0.1, 0.15) is 16.9 Å². The zero-order valence-corrected chi connectivity index (χ0v) is 11.2. The van der Waals surface area contributed by atoms with E-state index in [0.29, 0.717) is 5.88 Å². The van der Waals surface area contributed by atoms with E-state index in [1.807, 2.05) is 35.2 Å². The molecule has 3 aromatic heterocycles. The number of rotatable bonds is 2. The number of benzene rings is 1. The minimum absolute atomic E-state index is 0.593. The van der Waals surface area contributed by atoms with Crippen molar-refractivity contribution in [2.45, 2.75) is 0 Å². The highest BCUT2D eigenvalue weighted by Crippen LogP contribution is 2.31. The Morgan fingerprint density at radius 2 is 2.00 bits per heavy atom. The SMILES string of the molecule is c1nc(Oc2ccc3ncsc3c2)c2ccsc2n1. The molecule has 0 saturated heterocycles. The van der Waals surface area contributed by atoms with Crippen LogP contribution in [0.5, 0.6) is 11.6 Å². The number of thiophene rings is 1. The van der Waals surface area contributed by atoms with Crippen molar-refractivity contribution in [1.82, 2.24) is 15.0 Å². The fourth-order valence-electron chi connectivity index (χ4n) is 1.86. The van der Waals surface area contributed by atoms with Crippen LogP contribution >= 0.6 is 22.7 Å². The normalized spacial score (nSPS) is 11.2. The van der Waals surface area contributed by atoms with Crippen LogP contribution in [-0.2, 0) is 0 Å². The highest BCUT2D eigenvalue weighted by atomic mass is 32.1.